The molecule has 0 bridgehead atoms. The van der Waals surface area contributed by atoms with Crippen LogP contribution in [0.4, 0.5) is 0 Å². The molecule has 0 amide bonds. The van der Waals surface area contributed by atoms with Gasteiger partial charge in [0.15, 0.2) is 0 Å². The molecule has 1 heteroatoms. The molecule has 0 spiro atoms. The first kappa shape index (κ1) is 9.72. The van der Waals surface area contributed by atoms with Crippen LogP contribution in [-0.4, -0.2) is 6.04 Å². The average Bonchev–Trinajstić information content (AvgIpc) is 2.07. The summed E-state index contributed by atoms with van der Waals surface area (Å²) in [5.41, 5.74) is 4.31. The molecule has 1 N–H and O–H groups in total. The minimum absolute atomic E-state index is 0.786. The predicted molar refractivity (Wildman–Crippen MR) is 60.4 cm³/mol. The van der Waals surface area contributed by atoms with E-state index in [4.69, 9.17) is 0 Å². The molecule has 0 atom stereocenters. The van der Waals surface area contributed by atoms with Gasteiger partial charge in [0.05, 0.1) is 0 Å². The zero-order chi connectivity index (χ0) is 9.97. The van der Waals surface area contributed by atoms with Crippen LogP contribution >= 0.6 is 0 Å². The first-order valence-electron chi connectivity index (χ1n) is 5.56. The van der Waals surface area contributed by atoms with E-state index in [-0.39, 0.29) is 0 Å². The molecule has 1 fully saturated rings. The van der Waals surface area contributed by atoms with Gasteiger partial charge in [-0.3, -0.25) is 0 Å². The Kier molecular flexibility index (Phi) is 2.87. The maximum Gasteiger partial charge on any atom is 0.0213 e. The summed E-state index contributed by atoms with van der Waals surface area (Å²) in [5.74, 6) is 0. The summed E-state index contributed by atoms with van der Waals surface area (Å²) < 4.78 is 0. The SMILES string of the molecule is Cc1cccc(C)c1CNC1CCC1. The zero-order valence-electron chi connectivity index (χ0n) is 9.14. The lowest BCUT2D eigenvalue weighted by Crippen LogP contribution is -2.34. The number of hydrogen-bond donors (Lipinski definition) is 1. The Hall–Kier alpha value is -0.820. The van der Waals surface area contributed by atoms with Crippen LogP contribution in [0.25, 0.3) is 0 Å². The van der Waals surface area contributed by atoms with Gasteiger partial charge in [-0.2, -0.15) is 0 Å². The van der Waals surface area contributed by atoms with Gasteiger partial charge in [0.1, 0.15) is 0 Å². The van der Waals surface area contributed by atoms with Crippen molar-refractivity contribution in [1.29, 1.82) is 0 Å². The molecule has 1 saturated carbocycles. The second kappa shape index (κ2) is 4.14. The summed E-state index contributed by atoms with van der Waals surface area (Å²) in [6.07, 6.45) is 4.14. The molecule has 0 radical (unpaired) electrons. The third-order valence-corrected chi connectivity index (χ3v) is 3.32. The number of aryl methyl sites for hydroxylation is 2. The van der Waals surface area contributed by atoms with Crippen LogP contribution < -0.4 is 5.32 Å². The van der Waals surface area contributed by atoms with Crippen LogP contribution in [0.1, 0.15) is 36.0 Å². The molecule has 2 rings (SSSR count). The van der Waals surface area contributed by atoms with E-state index in [9.17, 15) is 0 Å². The van der Waals surface area contributed by atoms with Crippen molar-refractivity contribution in [3.63, 3.8) is 0 Å². The molecule has 14 heavy (non-hydrogen) atoms. The topological polar surface area (TPSA) is 12.0 Å². The largest absolute Gasteiger partial charge is 0.310 e. The molecule has 0 aromatic heterocycles. The smallest absolute Gasteiger partial charge is 0.0213 e. The van der Waals surface area contributed by atoms with Gasteiger partial charge in [0.2, 0.25) is 0 Å². The van der Waals surface area contributed by atoms with Crippen LogP contribution in [0.3, 0.4) is 0 Å². The molecule has 0 saturated heterocycles. The molecule has 0 aliphatic heterocycles. The lowest BCUT2D eigenvalue weighted by molar-refractivity contribution is 0.338. The van der Waals surface area contributed by atoms with Crippen molar-refractivity contribution in [2.75, 3.05) is 0 Å². The summed E-state index contributed by atoms with van der Waals surface area (Å²) in [6, 6.07) is 7.32. The van der Waals surface area contributed by atoms with Crippen LogP contribution in [0, 0.1) is 13.8 Å². The van der Waals surface area contributed by atoms with E-state index in [1.54, 1.807) is 0 Å². The van der Waals surface area contributed by atoms with E-state index in [0.29, 0.717) is 0 Å². The maximum absolute atomic E-state index is 3.62. The summed E-state index contributed by atoms with van der Waals surface area (Å²) in [6.45, 7) is 5.44. The van der Waals surface area contributed by atoms with Crippen molar-refractivity contribution in [2.24, 2.45) is 0 Å². The summed E-state index contributed by atoms with van der Waals surface area (Å²) in [7, 11) is 0. The minimum atomic E-state index is 0.786. The van der Waals surface area contributed by atoms with Crippen molar-refractivity contribution in [3.05, 3.63) is 34.9 Å². The van der Waals surface area contributed by atoms with Gasteiger partial charge in [0.25, 0.3) is 0 Å². The highest BCUT2D eigenvalue weighted by molar-refractivity contribution is 5.33. The van der Waals surface area contributed by atoms with E-state index in [0.717, 1.165) is 12.6 Å². The van der Waals surface area contributed by atoms with Gasteiger partial charge in [-0.15, -0.1) is 0 Å². The van der Waals surface area contributed by atoms with Crippen molar-refractivity contribution < 1.29 is 0 Å². The van der Waals surface area contributed by atoms with E-state index in [2.05, 4.69) is 37.4 Å². The van der Waals surface area contributed by atoms with Crippen molar-refractivity contribution in [3.8, 4) is 0 Å². The van der Waals surface area contributed by atoms with Gasteiger partial charge in [-0.1, -0.05) is 24.6 Å². The molecule has 1 aliphatic carbocycles. The predicted octanol–water partition coefficient (Wildman–Crippen LogP) is 2.95. The quantitative estimate of drug-likeness (QED) is 0.771. The van der Waals surface area contributed by atoms with Gasteiger partial charge in [-0.05, 0) is 43.4 Å². The van der Waals surface area contributed by atoms with E-state index in [1.165, 1.54) is 36.0 Å². The maximum atomic E-state index is 3.62. The summed E-state index contributed by atoms with van der Waals surface area (Å²) >= 11 is 0. The van der Waals surface area contributed by atoms with Gasteiger partial charge < -0.3 is 5.32 Å². The highest BCUT2D eigenvalue weighted by Crippen LogP contribution is 2.20. The zero-order valence-corrected chi connectivity index (χ0v) is 9.14. The van der Waals surface area contributed by atoms with Gasteiger partial charge >= 0.3 is 0 Å². The normalized spacial score (nSPS) is 16.7. The number of hydrogen-bond acceptors (Lipinski definition) is 1. The monoisotopic (exact) mass is 189 g/mol. The van der Waals surface area contributed by atoms with Crippen LogP contribution in [0.15, 0.2) is 18.2 Å². The molecular formula is C13H19N. The Morgan fingerprint density at radius 1 is 1.21 bits per heavy atom. The fourth-order valence-corrected chi connectivity index (χ4v) is 1.99. The lowest BCUT2D eigenvalue weighted by Gasteiger charge is -2.27. The lowest BCUT2D eigenvalue weighted by atomic mass is 9.92. The van der Waals surface area contributed by atoms with E-state index < -0.39 is 0 Å². The minimum Gasteiger partial charge on any atom is -0.310 e. The van der Waals surface area contributed by atoms with Crippen molar-refractivity contribution >= 4 is 0 Å². The number of rotatable bonds is 3. The van der Waals surface area contributed by atoms with Crippen LogP contribution in [0.5, 0.6) is 0 Å². The fraction of sp³-hybridized carbons (Fsp3) is 0.538. The summed E-state index contributed by atoms with van der Waals surface area (Å²) in [4.78, 5) is 0. The third-order valence-electron chi connectivity index (χ3n) is 3.32. The Morgan fingerprint density at radius 3 is 2.36 bits per heavy atom. The fourth-order valence-electron chi connectivity index (χ4n) is 1.99. The molecule has 76 valence electrons. The van der Waals surface area contributed by atoms with E-state index >= 15 is 0 Å². The Morgan fingerprint density at radius 2 is 1.86 bits per heavy atom. The summed E-state index contributed by atoms with van der Waals surface area (Å²) in [5, 5.41) is 3.62. The molecule has 0 heterocycles. The number of benzene rings is 1. The molecule has 1 aromatic rings. The van der Waals surface area contributed by atoms with E-state index in [1.807, 2.05) is 0 Å². The molecule has 1 nitrogen and oxygen atoms in total. The Labute approximate surface area is 86.5 Å². The van der Waals surface area contributed by atoms with Crippen LogP contribution in [0.2, 0.25) is 0 Å². The standard InChI is InChI=1S/C13H19N/c1-10-5-3-6-11(2)13(10)9-14-12-7-4-8-12/h3,5-6,12,14H,4,7-9H2,1-2H3. The Bertz CT molecular complexity index is 293. The van der Waals surface area contributed by atoms with Crippen molar-refractivity contribution in [2.45, 2.75) is 45.7 Å². The highest BCUT2D eigenvalue weighted by Gasteiger charge is 2.16. The van der Waals surface area contributed by atoms with Gasteiger partial charge in [-0.25, -0.2) is 0 Å². The van der Waals surface area contributed by atoms with Crippen molar-refractivity contribution in [1.82, 2.24) is 5.32 Å². The molecule has 1 aromatic carbocycles. The first-order valence-corrected chi connectivity index (χ1v) is 5.56. The van der Waals surface area contributed by atoms with Gasteiger partial charge in [0, 0.05) is 12.6 Å². The third kappa shape index (κ3) is 1.98. The molecular weight excluding hydrogens is 170 g/mol. The molecule has 0 unspecified atom stereocenters. The average molecular weight is 189 g/mol. The second-order valence-electron chi connectivity index (χ2n) is 4.38. The molecule has 1 aliphatic rings. The highest BCUT2D eigenvalue weighted by atomic mass is 14.9. The second-order valence-corrected chi connectivity index (χ2v) is 4.38. The number of nitrogens with one attached hydrogen (secondary N) is 1. The Balaban J connectivity index is 2.00. The van der Waals surface area contributed by atoms with Crippen LogP contribution in [-0.2, 0) is 6.54 Å². The first-order chi connectivity index (χ1) is 6.77.